The second kappa shape index (κ2) is 4.47. The first-order valence-electron chi connectivity index (χ1n) is 4.09. The van der Waals surface area contributed by atoms with Crippen molar-refractivity contribution in [2.24, 2.45) is 0 Å². The lowest BCUT2D eigenvalue weighted by molar-refractivity contribution is -0.422. The van der Waals surface area contributed by atoms with Crippen LogP contribution >= 0.6 is 0 Å². The second-order valence-electron chi connectivity index (χ2n) is 2.81. The van der Waals surface area contributed by atoms with Gasteiger partial charge in [0.1, 0.15) is 0 Å². The Hall–Kier alpha value is -2.02. The Labute approximate surface area is 84.3 Å². The molecule has 0 radical (unpaired) electrons. The van der Waals surface area contributed by atoms with Gasteiger partial charge in [-0.25, -0.2) is 0 Å². The van der Waals surface area contributed by atoms with E-state index in [9.17, 15) is 20.2 Å². The zero-order valence-corrected chi connectivity index (χ0v) is 7.62. The molecule has 0 saturated heterocycles. The van der Waals surface area contributed by atoms with E-state index in [2.05, 4.69) is 0 Å². The van der Waals surface area contributed by atoms with Crippen molar-refractivity contribution in [2.45, 2.75) is 6.42 Å². The highest BCUT2D eigenvalue weighted by atomic mass is 16.6. The van der Waals surface area contributed by atoms with E-state index in [1.165, 1.54) is 6.07 Å². The highest BCUT2D eigenvalue weighted by molar-refractivity contribution is 5.54. The number of nitro groups is 2. The summed E-state index contributed by atoms with van der Waals surface area (Å²) in [5.74, 6) is 0. The number of aliphatic hydroxyl groups excluding tert-OH is 1. The van der Waals surface area contributed by atoms with Crippen molar-refractivity contribution in [2.75, 3.05) is 6.61 Å². The monoisotopic (exact) mass is 212 g/mol. The first-order chi connectivity index (χ1) is 7.06. The van der Waals surface area contributed by atoms with Crippen LogP contribution in [0.3, 0.4) is 0 Å². The van der Waals surface area contributed by atoms with Gasteiger partial charge < -0.3 is 5.11 Å². The molecule has 0 spiro atoms. The second-order valence-corrected chi connectivity index (χ2v) is 2.81. The van der Waals surface area contributed by atoms with Gasteiger partial charge in [0.2, 0.25) is 0 Å². The van der Waals surface area contributed by atoms with Gasteiger partial charge in [0.05, 0.1) is 9.85 Å². The molecule has 7 nitrogen and oxygen atoms in total. The maximum absolute atomic E-state index is 10.5. The van der Waals surface area contributed by atoms with Gasteiger partial charge in [-0.15, -0.1) is 0 Å². The van der Waals surface area contributed by atoms with Crippen molar-refractivity contribution in [1.29, 1.82) is 0 Å². The Morgan fingerprint density at radius 3 is 2.20 bits per heavy atom. The third-order valence-electron chi connectivity index (χ3n) is 1.83. The smallest absolute Gasteiger partial charge is 0.346 e. The molecule has 7 heteroatoms. The third kappa shape index (κ3) is 2.47. The van der Waals surface area contributed by atoms with Crippen LogP contribution in [0.5, 0.6) is 0 Å². The SMILES string of the molecule is O=[N+]([O-])c1ccc(CCO)cc1[N+](=O)[O-]. The molecular formula is C8H8N2O5. The van der Waals surface area contributed by atoms with Crippen molar-refractivity contribution >= 4 is 11.4 Å². The average Bonchev–Trinajstić information content (AvgIpc) is 2.17. The molecule has 0 saturated carbocycles. The Balaban J connectivity index is 3.21. The molecule has 0 aromatic heterocycles. The summed E-state index contributed by atoms with van der Waals surface area (Å²) in [6.45, 7) is -0.158. The van der Waals surface area contributed by atoms with Gasteiger partial charge in [-0.05, 0) is 12.0 Å². The van der Waals surface area contributed by atoms with Crippen molar-refractivity contribution in [3.8, 4) is 0 Å². The number of hydrogen-bond donors (Lipinski definition) is 1. The molecule has 0 heterocycles. The summed E-state index contributed by atoms with van der Waals surface area (Å²) in [7, 11) is 0. The van der Waals surface area contributed by atoms with Gasteiger partial charge in [-0.1, -0.05) is 6.07 Å². The molecule has 0 fully saturated rings. The molecule has 0 bridgehead atoms. The Morgan fingerprint density at radius 2 is 1.73 bits per heavy atom. The van der Waals surface area contributed by atoms with E-state index >= 15 is 0 Å². The first-order valence-corrected chi connectivity index (χ1v) is 4.09. The molecule has 0 atom stereocenters. The summed E-state index contributed by atoms with van der Waals surface area (Å²) in [5.41, 5.74) is -0.595. The van der Waals surface area contributed by atoms with E-state index in [0.29, 0.717) is 5.56 Å². The zero-order valence-electron chi connectivity index (χ0n) is 7.62. The lowest BCUT2D eigenvalue weighted by Crippen LogP contribution is -1.99. The summed E-state index contributed by atoms with van der Waals surface area (Å²) in [5, 5.41) is 29.6. The number of rotatable bonds is 4. The first kappa shape index (κ1) is 11.1. The molecular weight excluding hydrogens is 204 g/mol. The molecule has 15 heavy (non-hydrogen) atoms. The normalized spacial score (nSPS) is 9.93. The van der Waals surface area contributed by atoms with Crippen molar-refractivity contribution < 1.29 is 15.0 Å². The quantitative estimate of drug-likeness (QED) is 0.592. The van der Waals surface area contributed by atoms with Gasteiger partial charge in [0.15, 0.2) is 0 Å². The zero-order chi connectivity index (χ0) is 11.4. The van der Waals surface area contributed by atoms with Gasteiger partial charge in [-0.2, -0.15) is 0 Å². The van der Waals surface area contributed by atoms with Crippen LogP contribution in [0.15, 0.2) is 18.2 Å². The fourth-order valence-electron chi connectivity index (χ4n) is 1.15. The van der Waals surface area contributed by atoms with Crippen LogP contribution in [0.1, 0.15) is 5.56 Å². The number of aliphatic hydroxyl groups is 1. The van der Waals surface area contributed by atoms with E-state index in [-0.39, 0.29) is 13.0 Å². The summed E-state index contributed by atoms with van der Waals surface area (Å²) in [6, 6.07) is 3.57. The summed E-state index contributed by atoms with van der Waals surface area (Å²) < 4.78 is 0. The Bertz CT molecular complexity index is 404. The van der Waals surface area contributed by atoms with Crippen LogP contribution < -0.4 is 0 Å². The van der Waals surface area contributed by atoms with Gasteiger partial charge in [0, 0.05) is 18.7 Å². The molecule has 1 aromatic carbocycles. The molecule has 0 aliphatic heterocycles. The highest BCUT2D eigenvalue weighted by Crippen LogP contribution is 2.27. The highest BCUT2D eigenvalue weighted by Gasteiger charge is 2.23. The van der Waals surface area contributed by atoms with E-state index in [4.69, 9.17) is 5.11 Å². The molecule has 1 N–H and O–H groups in total. The summed E-state index contributed by atoms with van der Waals surface area (Å²) >= 11 is 0. The van der Waals surface area contributed by atoms with E-state index in [0.717, 1.165) is 12.1 Å². The van der Waals surface area contributed by atoms with E-state index in [1.54, 1.807) is 0 Å². The maximum atomic E-state index is 10.5. The number of nitrogens with zero attached hydrogens (tertiary/aromatic N) is 2. The minimum Gasteiger partial charge on any atom is -0.396 e. The van der Waals surface area contributed by atoms with Crippen molar-refractivity contribution in [3.63, 3.8) is 0 Å². The predicted molar refractivity (Wildman–Crippen MR) is 50.5 cm³/mol. The van der Waals surface area contributed by atoms with Crippen LogP contribution in [0.25, 0.3) is 0 Å². The standard InChI is InChI=1S/C8H8N2O5/c11-4-3-6-1-2-7(9(12)13)8(5-6)10(14)15/h1-2,5,11H,3-4H2. The van der Waals surface area contributed by atoms with Gasteiger partial charge >= 0.3 is 11.4 Å². The van der Waals surface area contributed by atoms with Gasteiger partial charge in [-0.3, -0.25) is 20.2 Å². The van der Waals surface area contributed by atoms with Crippen LogP contribution in [-0.2, 0) is 6.42 Å². The molecule has 1 aromatic rings. The van der Waals surface area contributed by atoms with Gasteiger partial charge in [0.25, 0.3) is 0 Å². The largest absolute Gasteiger partial charge is 0.396 e. The molecule has 0 amide bonds. The minimum atomic E-state index is -0.807. The number of nitro benzene ring substituents is 2. The molecule has 0 aliphatic carbocycles. The van der Waals surface area contributed by atoms with E-state index < -0.39 is 21.2 Å². The fourth-order valence-corrected chi connectivity index (χ4v) is 1.15. The molecule has 80 valence electrons. The lowest BCUT2D eigenvalue weighted by atomic mass is 10.1. The lowest BCUT2D eigenvalue weighted by Gasteiger charge is -1.98. The Kier molecular flexibility index (Phi) is 3.29. The van der Waals surface area contributed by atoms with Crippen LogP contribution in [0.2, 0.25) is 0 Å². The average molecular weight is 212 g/mol. The predicted octanol–water partition coefficient (Wildman–Crippen LogP) is 1.04. The van der Waals surface area contributed by atoms with Crippen LogP contribution in [0.4, 0.5) is 11.4 Å². The molecule has 0 unspecified atom stereocenters. The third-order valence-corrected chi connectivity index (χ3v) is 1.83. The maximum Gasteiger partial charge on any atom is 0.346 e. The van der Waals surface area contributed by atoms with Crippen LogP contribution in [-0.4, -0.2) is 21.6 Å². The number of hydrogen-bond acceptors (Lipinski definition) is 5. The summed E-state index contributed by atoms with van der Waals surface area (Å²) in [4.78, 5) is 19.4. The Morgan fingerprint density at radius 1 is 1.13 bits per heavy atom. The van der Waals surface area contributed by atoms with Crippen molar-refractivity contribution in [1.82, 2.24) is 0 Å². The fraction of sp³-hybridized carbons (Fsp3) is 0.250. The minimum absolute atomic E-state index is 0.158. The molecule has 1 rings (SSSR count). The van der Waals surface area contributed by atoms with Crippen molar-refractivity contribution in [3.05, 3.63) is 44.0 Å². The number of benzene rings is 1. The topological polar surface area (TPSA) is 107 Å². The molecule has 0 aliphatic rings. The van der Waals surface area contributed by atoms with E-state index in [1.807, 2.05) is 0 Å². The van der Waals surface area contributed by atoms with Crippen LogP contribution in [0, 0.1) is 20.2 Å². The summed E-state index contributed by atoms with van der Waals surface area (Å²) in [6.07, 6.45) is 0.235.